The first-order valence-electron chi connectivity index (χ1n) is 47.6. The third-order valence-corrected chi connectivity index (χ3v) is 45.4. The summed E-state index contributed by atoms with van der Waals surface area (Å²) in [5.41, 5.74) is 7.02. The summed E-state index contributed by atoms with van der Waals surface area (Å²) in [6.07, 6.45) is 8.58. The van der Waals surface area contributed by atoms with Gasteiger partial charge in [0, 0.05) is 133 Å². The Morgan fingerprint density at radius 3 is 0.653 bits per heavy atom. The van der Waals surface area contributed by atoms with Crippen LogP contribution in [0.15, 0.2) is 184 Å². The van der Waals surface area contributed by atoms with Crippen LogP contribution in [0.1, 0.15) is 122 Å². The highest BCUT2D eigenvalue weighted by Gasteiger charge is 3.14. The number of nitrogens with zero attached hydrogens (tertiary/aromatic N) is 8. The summed E-state index contributed by atoms with van der Waals surface area (Å²) >= 11 is 31.7. The molecule has 0 saturated heterocycles. The fraction of sp³-hybridized carbons (Fsp3) is 0.477. The lowest BCUT2D eigenvalue weighted by atomic mass is 8.91. The molecule has 28 nitrogen and oxygen atoms in total. The second kappa shape index (κ2) is 31.8. The zero-order valence-corrected chi connectivity index (χ0v) is 82.6. The number of halogens is 8. The molecule has 762 valence electrons. The molecule has 28 aliphatic rings. The Morgan fingerprint density at radius 1 is 0.306 bits per heavy atom. The first kappa shape index (κ1) is 96.7. The zero-order chi connectivity index (χ0) is 98.2. The van der Waals surface area contributed by atoms with Crippen molar-refractivity contribution in [2.75, 3.05) is 49.8 Å². The molecule has 0 unspecified atom stereocenters. The number of carboxylic acid groups (broad SMARTS) is 1. The summed E-state index contributed by atoms with van der Waals surface area (Å²) in [6.45, 7) is 0. The number of esters is 7. The van der Waals surface area contributed by atoms with Gasteiger partial charge in [-0.1, -0.05) is 100 Å². The molecule has 40 heteroatoms. The highest BCUT2D eigenvalue weighted by Crippen LogP contribution is 3.15. The van der Waals surface area contributed by atoms with E-state index in [1.807, 2.05) is 21.5 Å². The van der Waals surface area contributed by atoms with Gasteiger partial charge in [-0.2, -0.15) is 0 Å². The number of aliphatic carboxylic acids is 1. The molecule has 8 aromatic rings. The van der Waals surface area contributed by atoms with Gasteiger partial charge in [0.15, 0.2) is 43.4 Å². The molecule has 0 bridgehead atoms. The predicted molar refractivity (Wildman–Crippen MR) is 532 cm³/mol. The number of aliphatic imine (C=N–C) groups is 4. The number of allylic oxidation sites excluding steroid dienone is 4. The number of carbonyl (C=O) groups excluding carboxylic acids is 7. The molecule has 24 fully saturated rings. The first-order chi connectivity index (χ1) is 69.1. The van der Waals surface area contributed by atoms with Crippen molar-refractivity contribution in [1.29, 1.82) is 0 Å². The lowest BCUT2D eigenvalue weighted by Gasteiger charge is -3.11. The molecule has 36 rings (SSSR count). The highest BCUT2D eigenvalue weighted by atomic mass is 35.5. The van der Waals surface area contributed by atoms with Gasteiger partial charge in [-0.25, -0.2) is 56.7 Å². The number of hydrogen-bond acceptors (Lipinski definition) is 31. The Morgan fingerprint density at radius 2 is 0.497 bits per heavy atom. The third kappa shape index (κ3) is 10.4. The van der Waals surface area contributed by atoms with Crippen molar-refractivity contribution >= 4 is 163 Å². The SMILES string of the molecule is C.C.C.C.COC(=O)C1=C(C23C4C5C2C2C3C4C52CC(=O)O)NC(c2nccs2)=N[C@@H]1c1ccc(F)cc1Cl.COC(=O)CC12C3C4C1C1C2C3C41C1=C(C(=O)OC)[C@@H](c2ccc(F)cc2Cl)N=C(c2nccs2)N1.COC(=O)CC12C3C4C1C1C2C3C41C1=C(C(=O)OC)[C@@H](c2ccc(F)cc2Cl)N=C(c2nccs2)N1.COC(=O)CC12C3C4C1C1C2C3C41C1=C(C(=O)OC)[C@H](c2ccc(F)cc2Cl)N=C(c2nccs2)N1. The number of amidine groups is 4. The monoisotopic (exact) mass is 2150 g/mol. The number of hydrogen-bond donors (Lipinski definition) is 5. The molecule has 4 aromatic heterocycles. The van der Waals surface area contributed by atoms with Crippen molar-refractivity contribution in [2.45, 2.75) is 79.6 Å². The smallest absolute Gasteiger partial charge is 0.338 e. The Bertz CT molecular complexity index is 6800. The van der Waals surface area contributed by atoms with Crippen molar-refractivity contribution in [3.63, 3.8) is 0 Å². The third-order valence-electron chi connectivity index (χ3n) is 40.9. The molecular formula is C107H98Cl4F4N12O16S4. The molecule has 4 atom stereocenters. The number of ether oxygens (including phenoxy) is 7. The zero-order valence-electron chi connectivity index (χ0n) is 76.3. The summed E-state index contributed by atoms with van der Waals surface area (Å²) in [5, 5.41) is 34.6. The predicted octanol–water partition coefficient (Wildman–Crippen LogP) is 17.5. The number of aromatic nitrogens is 4. The van der Waals surface area contributed by atoms with Crippen molar-refractivity contribution in [2.24, 2.45) is 205 Å². The number of benzene rings is 4. The van der Waals surface area contributed by atoms with Crippen LogP contribution >= 0.6 is 91.8 Å². The highest BCUT2D eigenvalue weighted by molar-refractivity contribution is 7.12. The van der Waals surface area contributed by atoms with E-state index >= 15 is 0 Å². The quantitative estimate of drug-likeness (QED) is 0.0213. The standard InChI is InChI=1S/3C26H21ClFN3O4S.C25H19ClFN3O4S.4CH4/c3*1-34-12(32)8-25-14-17-15(25)19-16(25)18(14)26(17,19)21-13(24(33)35-2)20(10-4-3-9(28)7-11(10)27)30-22(31-21)23-29-5-6-36-23;1-34-23(33)12-19(9-3-2-8(27)6-10(9)26)29-21(22-28-4-5-35-22)30-20(12)25-16-13-17(25)15-18(25)14(16)24(13,15)7-11(31)32;;;;/h3*3-7,14-20H,8H2,1-2H3,(H,30,31);2-6,13-19H,7H2,1H3,(H,29,30)(H,31,32);4*1H4/t3*14?,15?,16?,17?,18?,19?,20-,25?,26?;13?,14?,15?,16?,17?,18?,19-,24?,25?;;;;/m1101..../s1. The van der Waals surface area contributed by atoms with Crippen LogP contribution in [0.3, 0.4) is 0 Å². The van der Waals surface area contributed by atoms with Crippen LogP contribution in [0, 0.1) is 209 Å². The van der Waals surface area contributed by atoms with E-state index < -0.39 is 77.3 Å². The van der Waals surface area contributed by atoms with Crippen LogP contribution in [0.25, 0.3) is 0 Å². The van der Waals surface area contributed by atoms with Gasteiger partial charge in [0.2, 0.25) is 0 Å². The summed E-state index contributed by atoms with van der Waals surface area (Å²) < 4.78 is 91.6. The van der Waals surface area contributed by atoms with Gasteiger partial charge in [0.05, 0.1) is 97.7 Å². The van der Waals surface area contributed by atoms with Gasteiger partial charge in [0.1, 0.15) is 47.4 Å². The molecular weight excluding hydrogens is 2060 g/mol. The van der Waals surface area contributed by atoms with Gasteiger partial charge >= 0.3 is 47.8 Å². The van der Waals surface area contributed by atoms with Gasteiger partial charge in [-0.05, 0) is 212 Å². The molecule has 5 N–H and O–H groups in total. The van der Waals surface area contributed by atoms with E-state index in [1.165, 1.54) is 144 Å². The summed E-state index contributed by atoms with van der Waals surface area (Å²) in [7, 11) is 9.78. The first-order valence-corrected chi connectivity index (χ1v) is 52.7. The van der Waals surface area contributed by atoms with Crippen LogP contribution in [-0.4, -0.2) is 146 Å². The van der Waals surface area contributed by atoms with Crippen molar-refractivity contribution in [3.8, 4) is 0 Å². The fourth-order valence-electron chi connectivity index (χ4n) is 38.1. The van der Waals surface area contributed by atoms with E-state index in [0.29, 0.717) is 249 Å². The minimum Gasteiger partial charge on any atom is -0.481 e. The van der Waals surface area contributed by atoms with Crippen molar-refractivity contribution in [1.82, 2.24) is 41.2 Å². The summed E-state index contributed by atoms with van der Waals surface area (Å²) in [6, 6.07) is 13.6. The molecule has 147 heavy (non-hydrogen) atoms. The second-order valence-corrected chi connectivity index (χ2v) is 48.0. The average molecular weight is 2150 g/mol. The number of carboxylic acids is 1. The lowest BCUT2D eigenvalue weighted by Crippen LogP contribution is -3.10. The molecule has 8 heterocycles. The molecule has 0 radical (unpaired) electrons. The van der Waals surface area contributed by atoms with E-state index in [2.05, 4.69) is 41.2 Å². The van der Waals surface area contributed by atoms with Crippen LogP contribution in [0.5, 0.6) is 0 Å². The molecule has 0 spiro atoms. The normalized spacial score (nSPS) is 40.4. The molecule has 0 amide bonds. The second-order valence-electron chi connectivity index (χ2n) is 42.8. The molecule has 4 aliphatic heterocycles. The molecule has 24 saturated carbocycles. The number of nitrogens with one attached hydrogen (secondary N) is 4. The van der Waals surface area contributed by atoms with Gasteiger partial charge < -0.3 is 59.5 Å². The maximum absolute atomic E-state index is 13.9. The Hall–Kier alpha value is -11.1. The maximum atomic E-state index is 13.9. The van der Waals surface area contributed by atoms with E-state index in [-0.39, 0.29) is 117 Å². The van der Waals surface area contributed by atoms with Gasteiger partial charge in [-0.3, -0.25) is 39.1 Å². The number of methoxy groups -OCH3 is 7. The van der Waals surface area contributed by atoms with E-state index in [9.17, 15) is 61.0 Å². The lowest BCUT2D eigenvalue weighted by molar-refractivity contribution is -0.647. The number of thiazole rings is 4. The van der Waals surface area contributed by atoms with Gasteiger partial charge in [-0.15, -0.1) is 45.3 Å². The topological polar surface area (TPSA) is 371 Å². The average Bonchev–Trinajstić information content (AvgIpc) is 1.30. The summed E-state index contributed by atoms with van der Waals surface area (Å²) in [5.74, 6) is 8.25. The van der Waals surface area contributed by atoms with Crippen LogP contribution in [0.2, 0.25) is 20.1 Å². The van der Waals surface area contributed by atoms with Gasteiger partial charge in [0.25, 0.3) is 0 Å². The van der Waals surface area contributed by atoms with Crippen LogP contribution < -0.4 is 21.3 Å². The maximum Gasteiger partial charge on any atom is 0.338 e. The Balaban J connectivity index is 0.000000101. The van der Waals surface area contributed by atoms with Crippen LogP contribution in [-0.2, 0) is 71.5 Å². The number of rotatable bonds is 24. The number of carbonyl (C=O) groups is 8. The minimum atomic E-state index is -0.765. The molecule has 4 aromatic carbocycles. The van der Waals surface area contributed by atoms with Crippen molar-refractivity contribution in [3.05, 3.63) is 250 Å². The largest absolute Gasteiger partial charge is 0.481 e. The van der Waals surface area contributed by atoms with E-state index in [1.54, 1.807) is 49.1 Å². The van der Waals surface area contributed by atoms with Crippen molar-refractivity contribution < 1.29 is 94.2 Å². The minimum absolute atomic E-state index is 0. The fourth-order valence-corrected chi connectivity index (χ4v) is 41.5. The van der Waals surface area contributed by atoms with E-state index in [0.717, 1.165) is 22.8 Å². The summed E-state index contributed by atoms with van der Waals surface area (Å²) in [4.78, 5) is 138. The molecule has 24 aliphatic carbocycles. The van der Waals surface area contributed by atoms with E-state index in [4.69, 9.17) is 99.5 Å². The Labute approximate surface area is 876 Å². The van der Waals surface area contributed by atoms with Crippen LogP contribution in [0.4, 0.5) is 17.6 Å². The Kier molecular flexibility index (Phi) is 20.9.